The Morgan fingerprint density at radius 3 is 2.41 bits per heavy atom. The molecule has 0 aromatic heterocycles. The number of amides is 2. The second-order valence-corrected chi connectivity index (χ2v) is 6.11. The molecule has 2 aromatic rings. The lowest BCUT2D eigenvalue weighted by Crippen LogP contribution is -2.33. The van der Waals surface area contributed by atoms with Gasteiger partial charge in [0.05, 0.1) is 12.7 Å². The summed E-state index contributed by atoms with van der Waals surface area (Å²) < 4.78 is 4.67. The normalized spacial score (nSPS) is 10.1. The molecule has 0 unspecified atom stereocenters. The first-order chi connectivity index (χ1) is 13.0. The number of rotatable bonds is 8. The van der Waals surface area contributed by atoms with Gasteiger partial charge in [-0.1, -0.05) is 36.4 Å². The zero-order valence-electron chi connectivity index (χ0n) is 15.6. The number of hydrogen-bond acceptors (Lipinski definition) is 4. The first kappa shape index (κ1) is 20.2. The highest BCUT2D eigenvalue weighted by Gasteiger charge is 2.12. The van der Waals surface area contributed by atoms with Crippen molar-refractivity contribution in [2.75, 3.05) is 25.5 Å². The Labute approximate surface area is 159 Å². The second-order valence-electron chi connectivity index (χ2n) is 6.11. The Kier molecular flexibility index (Phi) is 7.55. The summed E-state index contributed by atoms with van der Waals surface area (Å²) in [5, 5.41) is 2.74. The minimum absolute atomic E-state index is 0.0635. The Hall–Kier alpha value is -3.15. The largest absolute Gasteiger partial charge is 0.465 e. The fourth-order valence-electron chi connectivity index (χ4n) is 2.64. The molecular weight excluding hydrogens is 344 g/mol. The fraction of sp³-hybridized carbons (Fsp3) is 0.286. The molecule has 142 valence electrons. The van der Waals surface area contributed by atoms with Crippen LogP contribution in [0.3, 0.4) is 0 Å². The lowest BCUT2D eigenvalue weighted by Gasteiger charge is -2.21. The van der Waals surface area contributed by atoms with Gasteiger partial charge in [0.1, 0.15) is 0 Å². The average Bonchev–Trinajstić information content (AvgIpc) is 2.68. The number of carbonyl (C=O) groups excluding carboxylic acids is 3. The summed E-state index contributed by atoms with van der Waals surface area (Å²) in [4.78, 5) is 37.2. The molecule has 6 heteroatoms. The van der Waals surface area contributed by atoms with E-state index in [-0.39, 0.29) is 18.2 Å². The van der Waals surface area contributed by atoms with Crippen LogP contribution in [0.1, 0.15) is 29.3 Å². The lowest BCUT2D eigenvalue weighted by molar-refractivity contribution is -0.129. The second kappa shape index (κ2) is 10.1. The predicted molar refractivity (Wildman–Crippen MR) is 103 cm³/mol. The highest BCUT2D eigenvalue weighted by molar-refractivity contribution is 5.94. The molecule has 0 atom stereocenters. The Balaban J connectivity index is 1.86. The number of esters is 1. The van der Waals surface area contributed by atoms with Crippen molar-refractivity contribution in [3.8, 4) is 0 Å². The molecule has 2 amide bonds. The third-order valence-electron chi connectivity index (χ3n) is 4.13. The fourth-order valence-corrected chi connectivity index (χ4v) is 2.64. The quantitative estimate of drug-likeness (QED) is 0.727. The molecular formula is C21H24N2O4. The monoisotopic (exact) mass is 368 g/mol. The van der Waals surface area contributed by atoms with E-state index in [4.69, 9.17) is 0 Å². The molecule has 0 aliphatic heterocycles. The van der Waals surface area contributed by atoms with Crippen molar-refractivity contribution >= 4 is 23.5 Å². The van der Waals surface area contributed by atoms with Gasteiger partial charge in [-0.05, 0) is 30.2 Å². The van der Waals surface area contributed by atoms with Crippen LogP contribution >= 0.6 is 0 Å². The van der Waals surface area contributed by atoms with Crippen LogP contribution in [-0.4, -0.2) is 42.9 Å². The van der Waals surface area contributed by atoms with E-state index in [1.54, 1.807) is 29.2 Å². The summed E-state index contributed by atoms with van der Waals surface area (Å²) in [6.45, 7) is 2.40. The zero-order valence-corrected chi connectivity index (χ0v) is 15.6. The first-order valence-electron chi connectivity index (χ1n) is 8.77. The first-order valence-corrected chi connectivity index (χ1v) is 8.77. The van der Waals surface area contributed by atoms with Crippen molar-refractivity contribution in [3.05, 3.63) is 65.7 Å². The minimum Gasteiger partial charge on any atom is -0.465 e. The minimum atomic E-state index is -0.463. The molecule has 2 rings (SSSR count). The van der Waals surface area contributed by atoms with Crippen LogP contribution < -0.4 is 5.32 Å². The van der Waals surface area contributed by atoms with E-state index < -0.39 is 5.97 Å². The average molecular weight is 368 g/mol. The van der Waals surface area contributed by atoms with Gasteiger partial charge < -0.3 is 15.0 Å². The number of nitrogens with zero attached hydrogens (tertiary/aromatic N) is 1. The van der Waals surface area contributed by atoms with E-state index >= 15 is 0 Å². The van der Waals surface area contributed by atoms with Gasteiger partial charge in [0, 0.05) is 32.1 Å². The van der Waals surface area contributed by atoms with Gasteiger partial charge in [0.15, 0.2) is 0 Å². The SMILES string of the molecule is COC(=O)c1cccc(NC(=O)CCN(CCc2ccccc2)C(C)=O)c1. The van der Waals surface area contributed by atoms with Gasteiger partial charge in [-0.25, -0.2) is 4.79 Å². The van der Waals surface area contributed by atoms with Crippen molar-refractivity contribution in [2.45, 2.75) is 19.8 Å². The predicted octanol–water partition coefficient (Wildman–Crippen LogP) is 2.89. The molecule has 0 bridgehead atoms. The van der Waals surface area contributed by atoms with E-state index in [0.717, 1.165) is 12.0 Å². The van der Waals surface area contributed by atoms with Crippen molar-refractivity contribution in [3.63, 3.8) is 0 Å². The molecule has 1 N–H and O–H groups in total. The van der Waals surface area contributed by atoms with E-state index in [1.807, 2.05) is 30.3 Å². The summed E-state index contributed by atoms with van der Waals surface area (Å²) >= 11 is 0. The van der Waals surface area contributed by atoms with Gasteiger partial charge in [-0.2, -0.15) is 0 Å². The Bertz CT molecular complexity index is 790. The highest BCUT2D eigenvalue weighted by atomic mass is 16.5. The van der Waals surface area contributed by atoms with Crippen LogP contribution in [0.2, 0.25) is 0 Å². The summed E-state index contributed by atoms with van der Waals surface area (Å²) in [6.07, 6.45) is 0.917. The molecule has 0 aliphatic carbocycles. The van der Waals surface area contributed by atoms with E-state index in [1.165, 1.54) is 14.0 Å². The van der Waals surface area contributed by atoms with Crippen LogP contribution in [0.25, 0.3) is 0 Å². The molecule has 0 fully saturated rings. The van der Waals surface area contributed by atoms with Crippen molar-refractivity contribution in [1.29, 1.82) is 0 Å². The molecule has 0 saturated carbocycles. The maximum Gasteiger partial charge on any atom is 0.337 e. The Morgan fingerprint density at radius 2 is 1.74 bits per heavy atom. The van der Waals surface area contributed by atoms with E-state index in [0.29, 0.717) is 24.3 Å². The smallest absolute Gasteiger partial charge is 0.337 e. The number of ether oxygens (including phenoxy) is 1. The maximum absolute atomic E-state index is 12.2. The van der Waals surface area contributed by atoms with Gasteiger partial charge >= 0.3 is 5.97 Å². The summed E-state index contributed by atoms with van der Waals surface area (Å²) in [7, 11) is 1.30. The summed E-state index contributed by atoms with van der Waals surface area (Å²) in [5.41, 5.74) is 2.03. The van der Waals surface area contributed by atoms with Gasteiger partial charge in [-0.3, -0.25) is 9.59 Å². The van der Waals surface area contributed by atoms with Crippen LogP contribution in [0.15, 0.2) is 54.6 Å². The maximum atomic E-state index is 12.2. The van der Waals surface area contributed by atoms with Crippen LogP contribution in [-0.2, 0) is 20.7 Å². The van der Waals surface area contributed by atoms with Crippen LogP contribution in [0.4, 0.5) is 5.69 Å². The standard InChI is InChI=1S/C21H24N2O4/c1-16(24)23(13-11-17-7-4-3-5-8-17)14-12-20(25)22-19-10-6-9-18(15-19)21(26)27-2/h3-10,15H,11-14H2,1-2H3,(H,22,25). The molecule has 0 spiro atoms. The van der Waals surface area contributed by atoms with Crippen molar-refractivity contribution < 1.29 is 19.1 Å². The summed E-state index contributed by atoms with van der Waals surface area (Å²) in [5.74, 6) is -0.746. The summed E-state index contributed by atoms with van der Waals surface area (Å²) in [6, 6.07) is 16.4. The molecule has 0 radical (unpaired) electrons. The highest BCUT2D eigenvalue weighted by Crippen LogP contribution is 2.12. The molecule has 27 heavy (non-hydrogen) atoms. The van der Waals surface area contributed by atoms with Crippen molar-refractivity contribution in [2.24, 2.45) is 0 Å². The molecule has 2 aromatic carbocycles. The van der Waals surface area contributed by atoms with E-state index in [9.17, 15) is 14.4 Å². The molecule has 6 nitrogen and oxygen atoms in total. The van der Waals surface area contributed by atoms with Gasteiger partial charge in [-0.15, -0.1) is 0 Å². The van der Waals surface area contributed by atoms with Crippen molar-refractivity contribution in [1.82, 2.24) is 4.90 Å². The zero-order chi connectivity index (χ0) is 19.6. The number of methoxy groups -OCH3 is 1. The third-order valence-corrected chi connectivity index (χ3v) is 4.13. The number of benzene rings is 2. The Morgan fingerprint density at radius 1 is 1.00 bits per heavy atom. The molecule has 0 aliphatic rings. The number of carbonyl (C=O) groups is 3. The number of hydrogen-bond donors (Lipinski definition) is 1. The third kappa shape index (κ3) is 6.58. The van der Waals surface area contributed by atoms with Gasteiger partial charge in [0.2, 0.25) is 11.8 Å². The van der Waals surface area contributed by atoms with E-state index in [2.05, 4.69) is 10.1 Å². The van der Waals surface area contributed by atoms with Crippen LogP contribution in [0, 0.1) is 0 Å². The molecule has 0 saturated heterocycles. The van der Waals surface area contributed by atoms with Gasteiger partial charge in [0.25, 0.3) is 0 Å². The molecule has 0 heterocycles. The topological polar surface area (TPSA) is 75.7 Å². The van der Waals surface area contributed by atoms with Crippen LogP contribution in [0.5, 0.6) is 0 Å². The lowest BCUT2D eigenvalue weighted by atomic mass is 10.1. The number of anilines is 1. The number of nitrogens with one attached hydrogen (secondary N) is 1.